The molecule has 0 bridgehead atoms. The van der Waals surface area contributed by atoms with Crippen molar-refractivity contribution in [3.05, 3.63) is 77.9 Å². The molecule has 112 valence electrons. The molecule has 2 aromatic carbocycles. The summed E-state index contributed by atoms with van der Waals surface area (Å²) in [5.74, 6) is 0.707. The Morgan fingerprint density at radius 1 is 0.909 bits per heavy atom. The normalized spacial score (nSPS) is 16.1. The molecule has 1 amide bonds. The van der Waals surface area contributed by atoms with E-state index in [-0.39, 0.29) is 5.91 Å². The average molecular weight is 291 g/mol. The summed E-state index contributed by atoms with van der Waals surface area (Å²) in [5.41, 5.74) is 2.46. The summed E-state index contributed by atoms with van der Waals surface area (Å²) in [6, 6.07) is 20.6. The van der Waals surface area contributed by atoms with Gasteiger partial charge in [0, 0.05) is 19.2 Å². The number of hydrogen-bond acceptors (Lipinski definition) is 1. The highest BCUT2D eigenvalue weighted by molar-refractivity contribution is 5.91. The molecule has 1 aliphatic rings. The second-order valence-electron chi connectivity index (χ2n) is 5.75. The van der Waals surface area contributed by atoms with E-state index in [1.54, 1.807) is 6.08 Å². The lowest BCUT2D eigenvalue weighted by Crippen LogP contribution is -2.36. The van der Waals surface area contributed by atoms with Gasteiger partial charge in [-0.05, 0) is 36.0 Å². The summed E-state index contributed by atoms with van der Waals surface area (Å²) in [5, 5.41) is 0. The maximum Gasteiger partial charge on any atom is 0.246 e. The smallest absolute Gasteiger partial charge is 0.246 e. The molecule has 3 rings (SSSR count). The Bertz CT molecular complexity index is 625. The van der Waals surface area contributed by atoms with E-state index in [0.717, 1.165) is 31.5 Å². The fourth-order valence-electron chi connectivity index (χ4n) is 3.00. The van der Waals surface area contributed by atoms with Crippen LogP contribution >= 0.6 is 0 Å². The number of likely N-dealkylation sites (tertiary alicyclic amines) is 1. The molecule has 0 spiro atoms. The molecule has 2 nitrogen and oxygen atoms in total. The van der Waals surface area contributed by atoms with Crippen LogP contribution in [0.3, 0.4) is 0 Å². The third-order valence-electron chi connectivity index (χ3n) is 4.30. The quantitative estimate of drug-likeness (QED) is 0.779. The van der Waals surface area contributed by atoms with Crippen molar-refractivity contribution in [2.24, 2.45) is 0 Å². The summed E-state index contributed by atoms with van der Waals surface area (Å²) in [4.78, 5) is 14.2. The van der Waals surface area contributed by atoms with Crippen LogP contribution in [0.15, 0.2) is 66.7 Å². The van der Waals surface area contributed by atoms with Crippen molar-refractivity contribution in [2.45, 2.75) is 18.8 Å². The molecule has 1 aliphatic heterocycles. The Balaban J connectivity index is 1.55. The number of carbonyl (C=O) groups is 1. The van der Waals surface area contributed by atoms with Crippen molar-refractivity contribution in [1.29, 1.82) is 0 Å². The SMILES string of the molecule is O=C(C=Cc1ccccc1)N1CCC(c2ccccc2)CC1. The molecule has 1 saturated heterocycles. The van der Waals surface area contributed by atoms with Crippen LogP contribution < -0.4 is 0 Å². The largest absolute Gasteiger partial charge is 0.339 e. The highest BCUT2D eigenvalue weighted by Crippen LogP contribution is 2.27. The molecule has 1 heterocycles. The van der Waals surface area contributed by atoms with E-state index in [1.807, 2.05) is 41.3 Å². The van der Waals surface area contributed by atoms with Gasteiger partial charge in [-0.15, -0.1) is 0 Å². The first kappa shape index (κ1) is 14.6. The van der Waals surface area contributed by atoms with Crippen molar-refractivity contribution in [3.8, 4) is 0 Å². The Morgan fingerprint density at radius 3 is 2.14 bits per heavy atom. The van der Waals surface area contributed by atoms with Crippen LogP contribution in [0, 0.1) is 0 Å². The highest BCUT2D eigenvalue weighted by Gasteiger charge is 2.22. The summed E-state index contributed by atoms with van der Waals surface area (Å²) < 4.78 is 0. The van der Waals surface area contributed by atoms with Crippen LogP contribution in [0.2, 0.25) is 0 Å². The highest BCUT2D eigenvalue weighted by atomic mass is 16.2. The van der Waals surface area contributed by atoms with Crippen LogP contribution in [0.25, 0.3) is 6.08 Å². The lowest BCUT2D eigenvalue weighted by atomic mass is 9.89. The Morgan fingerprint density at radius 2 is 1.50 bits per heavy atom. The molecule has 0 atom stereocenters. The molecule has 0 unspecified atom stereocenters. The summed E-state index contributed by atoms with van der Waals surface area (Å²) in [7, 11) is 0. The van der Waals surface area contributed by atoms with Crippen molar-refractivity contribution in [2.75, 3.05) is 13.1 Å². The second-order valence-corrected chi connectivity index (χ2v) is 5.75. The van der Waals surface area contributed by atoms with Gasteiger partial charge in [-0.3, -0.25) is 4.79 Å². The number of amides is 1. The lowest BCUT2D eigenvalue weighted by molar-refractivity contribution is -0.126. The zero-order valence-corrected chi connectivity index (χ0v) is 12.7. The van der Waals surface area contributed by atoms with E-state index >= 15 is 0 Å². The fraction of sp³-hybridized carbons (Fsp3) is 0.250. The lowest BCUT2D eigenvalue weighted by Gasteiger charge is -2.31. The standard InChI is InChI=1S/C20H21NO/c22-20(12-11-17-7-3-1-4-8-17)21-15-13-19(14-16-21)18-9-5-2-6-10-18/h1-12,19H,13-16H2. The predicted octanol–water partition coefficient (Wildman–Crippen LogP) is 4.11. The predicted molar refractivity (Wildman–Crippen MR) is 90.5 cm³/mol. The van der Waals surface area contributed by atoms with Gasteiger partial charge in [0.05, 0.1) is 0 Å². The topological polar surface area (TPSA) is 20.3 Å². The molecule has 2 heteroatoms. The fourth-order valence-corrected chi connectivity index (χ4v) is 3.00. The molecular formula is C20H21NO. The van der Waals surface area contributed by atoms with E-state index in [9.17, 15) is 4.79 Å². The van der Waals surface area contributed by atoms with Crippen LogP contribution in [-0.4, -0.2) is 23.9 Å². The molecule has 0 radical (unpaired) electrons. The summed E-state index contributed by atoms with van der Waals surface area (Å²) in [6.07, 6.45) is 5.69. The number of carbonyl (C=O) groups excluding carboxylic acids is 1. The zero-order valence-electron chi connectivity index (χ0n) is 12.7. The Hall–Kier alpha value is -2.35. The summed E-state index contributed by atoms with van der Waals surface area (Å²) >= 11 is 0. The van der Waals surface area contributed by atoms with Crippen molar-refractivity contribution >= 4 is 12.0 Å². The molecule has 0 saturated carbocycles. The summed E-state index contributed by atoms with van der Waals surface area (Å²) in [6.45, 7) is 1.69. The van der Waals surface area contributed by atoms with Gasteiger partial charge in [0.2, 0.25) is 5.91 Å². The number of hydrogen-bond donors (Lipinski definition) is 0. The van der Waals surface area contributed by atoms with Crippen LogP contribution in [-0.2, 0) is 4.79 Å². The maximum absolute atomic E-state index is 12.3. The first-order valence-corrected chi connectivity index (χ1v) is 7.90. The van der Waals surface area contributed by atoms with Crippen LogP contribution in [0.4, 0.5) is 0 Å². The van der Waals surface area contributed by atoms with E-state index in [2.05, 4.69) is 30.3 Å². The number of piperidine rings is 1. The van der Waals surface area contributed by atoms with Gasteiger partial charge in [-0.2, -0.15) is 0 Å². The molecule has 2 aromatic rings. The van der Waals surface area contributed by atoms with E-state index in [1.165, 1.54) is 5.56 Å². The Kier molecular flexibility index (Phi) is 4.69. The third-order valence-corrected chi connectivity index (χ3v) is 4.30. The number of benzene rings is 2. The van der Waals surface area contributed by atoms with Crippen LogP contribution in [0.5, 0.6) is 0 Å². The van der Waals surface area contributed by atoms with E-state index in [4.69, 9.17) is 0 Å². The van der Waals surface area contributed by atoms with Gasteiger partial charge in [0.25, 0.3) is 0 Å². The molecule has 0 aromatic heterocycles. The second kappa shape index (κ2) is 7.08. The number of rotatable bonds is 3. The minimum atomic E-state index is 0.121. The van der Waals surface area contributed by atoms with Crippen molar-refractivity contribution in [3.63, 3.8) is 0 Å². The van der Waals surface area contributed by atoms with Gasteiger partial charge in [-0.1, -0.05) is 60.7 Å². The van der Waals surface area contributed by atoms with Gasteiger partial charge < -0.3 is 4.90 Å². The minimum absolute atomic E-state index is 0.121. The van der Waals surface area contributed by atoms with E-state index < -0.39 is 0 Å². The van der Waals surface area contributed by atoms with Gasteiger partial charge in [0.1, 0.15) is 0 Å². The minimum Gasteiger partial charge on any atom is -0.339 e. The van der Waals surface area contributed by atoms with Crippen molar-refractivity contribution in [1.82, 2.24) is 4.90 Å². The number of nitrogens with zero attached hydrogens (tertiary/aromatic N) is 1. The molecule has 1 fully saturated rings. The third kappa shape index (κ3) is 3.64. The monoisotopic (exact) mass is 291 g/mol. The van der Waals surface area contributed by atoms with Gasteiger partial charge in [0.15, 0.2) is 0 Å². The molecule has 22 heavy (non-hydrogen) atoms. The average Bonchev–Trinajstić information content (AvgIpc) is 2.61. The molecule has 0 N–H and O–H groups in total. The Labute approximate surface area is 132 Å². The zero-order chi connectivity index (χ0) is 15.2. The molecule has 0 aliphatic carbocycles. The maximum atomic E-state index is 12.3. The van der Waals surface area contributed by atoms with Crippen LogP contribution in [0.1, 0.15) is 29.9 Å². The molecular weight excluding hydrogens is 270 g/mol. The van der Waals surface area contributed by atoms with Gasteiger partial charge in [-0.25, -0.2) is 0 Å². The van der Waals surface area contributed by atoms with E-state index in [0.29, 0.717) is 5.92 Å². The van der Waals surface area contributed by atoms with Gasteiger partial charge >= 0.3 is 0 Å². The first-order chi connectivity index (χ1) is 10.8. The van der Waals surface area contributed by atoms with Crippen molar-refractivity contribution < 1.29 is 4.79 Å². The first-order valence-electron chi connectivity index (χ1n) is 7.90.